The molecular formula is C11H18FN. The Morgan fingerprint density at radius 2 is 2.08 bits per heavy atom. The molecular weight excluding hydrogens is 165 g/mol. The molecule has 0 radical (unpaired) electrons. The predicted octanol–water partition coefficient (Wildman–Crippen LogP) is 3.33. The van der Waals surface area contributed by atoms with Crippen LogP contribution < -0.4 is 0 Å². The quantitative estimate of drug-likeness (QED) is 0.442. The Bertz CT molecular complexity index is 185. The monoisotopic (exact) mass is 183 g/mol. The van der Waals surface area contributed by atoms with Crippen LogP contribution in [0.5, 0.6) is 0 Å². The number of hydrogen-bond acceptors (Lipinski definition) is 1. The second-order valence-corrected chi connectivity index (χ2v) is 2.94. The van der Waals surface area contributed by atoms with E-state index < -0.39 is 6.17 Å². The molecule has 0 fully saturated rings. The lowest BCUT2D eigenvalue weighted by molar-refractivity contribution is 0.403. The van der Waals surface area contributed by atoms with Gasteiger partial charge in [0.05, 0.1) is 6.04 Å². The van der Waals surface area contributed by atoms with Gasteiger partial charge >= 0.3 is 0 Å². The first-order valence-corrected chi connectivity index (χ1v) is 4.64. The molecule has 0 saturated heterocycles. The van der Waals surface area contributed by atoms with Gasteiger partial charge in [-0.2, -0.15) is 0 Å². The fourth-order valence-corrected chi connectivity index (χ4v) is 0.829. The third-order valence-electron chi connectivity index (χ3n) is 1.64. The summed E-state index contributed by atoms with van der Waals surface area (Å²) in [6.07, 6.45) is 7.55. The molecule has 13 heavy (non-hydrogen) atoms. The number of halogens is 1. The maximum absolute atomic E-state index is 13.0. The fraction of sp³-hybridized carbons (Fsp3) is 0.545. The van der Waals surface area contributed by atoms with Crippen molar-refractivity contribution in [2.24, 2.45) is 4.99 Å². The molecule has 0 aromatic carbocycles. The van der Waals surface area contributed by atoms with Gasteiger partial charge in [0.15, 0.2) is 0 Å². The van der Waals surface area contributed by atoms with Crippen molar-refractivity contribution in [3.8, 4) is 0 Å². The van der Waals surface area contributed by atoms with E-state index in [1.165, 1.54) is 0 Å². The maximum atomic E-state index is 13.0. The molecule has 0 aliphatic heterocycles. The van der Waals surface area contributed by atoms with Crippen LogP contribution in [0, 0.1) is 0 Å². The minimum atomic E-state index is -0.867. The molecule has 0 amide bonds. The molecule has 0 N–H and O–H groups in total. The van der Waals surface area contributed by atoms with Crippen molar-refractivity contribution in [3.63, 3.8) is 0 Å². The minimum Gasteiger partial charge on any atom is -0.294 e. The van der Waals surface area contributed by atoms with Gasteiger partial charge in [-0.1, -0.05) is 31.2 Å². The molecule has 0 saturated carbocycles. The lowest BCUT2D eigenvalue weighted by Crippen LogP contribution is -1.94. The SMILES string of the molecule is C=NC(C)/C=C/CC(F)/C=C\CC. The highest BCUT2D eigenvalue weighted by Crippen LogP contribution is 2.03. The summed E-state index contributed by atoms with van der Waals surface area (Å²) in [5.41, 5.74) is 0. The molecule has 0 aliphatic rings. The van der Waals surface area contributed by atoms with Crippen molar-refractivity contribution in [2.75, 3.05) is 0 Å². The number of nitrogens with zero attached hydrogens (tertiary/aromatic N) is 1. The summed E-state index contributed by atoms with van der Waals surface area (Å²) in [7, 11) is 0. The van der Waals surface area contributed by atoms with E-state index in [1.54, 1.807) is 6.08 Å². The van der Waals surface area contributed by atoms with Gasteiger partial charge in [0.2, 0.25) is 0 Å². The van der Waals surface area contributed by atoms with Crippen LogP contribution in [0.25, 0.3) is 0 Å². The zero-order chi connectivity index (χ0) is 10.1. The van der Waals surface area contributed by atoms with Crippen LogP contribution in [0.3, 0.4) is 0 Å². The van der Waals surface area contributed by atoms with Crippen LogP contribution in [0.4, 0.5) is 4.39 Å². The molecule has 2 unspecified atom stereocenters. The van der Waals surface area contributed by atoms with Crippen molar-refractivity contribution in [2.45, 2.75) is 38.9 Å². The Morgan fingerprint density at radius 1 is 1.38 bits per heavy atom. The summed E-state index contributed by atoms with van der Waals surface area (Å²) < 4.78 is 13.0. The first-order valence-electron chi connectivity index (χ1n) is 4.64. The Labute approximate surface area is 80.1 Å². The topological polar surface area (TPSA) is 12.4 Å². The van der Waals surface area contributed by atoms with Gasteiger partial charge < -0.3 is 0 Å². The van der Waals surface area contributed by atoms with Gasteiger partial charge in [0.25, 0.3) is 0 Å². The van der Waals surface area contributed by atoms with E-state index in [4.69, 9.17) is 0 Å². The number of rotatable bonds is 6. The summed E-state index contributed by atoms with van der Waals surface area (Å²) in [6, 6.07) is 0.0855. The van der Waals surface area contributed by atoms with E-state index in [1.807, 2.05) is 32.1 Å². The second kappa shape index (κ2) is 7.71. The van der Waals surface area contributed by atoms with Gasteiger partial charge in [-0.3, -0.25) is 4.99 Å². The van der Waals surface area contributed by atoms with Crippen molar-refractivity contribution in [1.29, 1.82) is 0 Å². The Balaban J connectivity index is 3.68. The average Bonchev–Trinajstić information content (AvgIpc) is 2.14. The average molecular weight is 183 g/mol. The zero-order valence-corrected chi connectivity index (χ0v) is 8.41. The zero-order valence-electron chi connectivity index (χ0n) is 8.41. The summed E-state index contributed by atoms with van der Waals surface area (Å²) in [5, 5.41) is 0. The lowest BCUT2D eigenvalue weighted by atomic mass is 10.2. The summed E-state index contributed by atoms with van der Waals surface area (Å²) >= 11 is 0. The van der Waals surface area contributed by atoms with Crippen LogP contribution in [0.2, 0.25) is 0 Å². The minimum absolute atomic E-state index is 0.0855. The molecule has 0 spiro atoms. The van der Waals surface area contributed by atoms with Crippen LogP contribution in [0.1, 0.15) is 26.7 Å². The first kappa shape index (κ1) is 12.1. The summed E-state index contributed by atoms with van der Waals surface area (Å²) in [5.74, 6) is 0. The van der Waals surface area contributed by atoms with Gasteiger partial charge in [-0.15, -0.1) is 0 Å². The highest BCUT2D eigenvalue weighted by Gasteiger charge is 1.97. The molecule has 0 aromatic heterocycles. The predicted molar refractivity (Wildman–Crippen MR) is 57.1 cm³/mol. The standard InChI is InChI=1S/C11H18FN/c1-4-5-8-11(12)9-6-7-10(2)13-3/h5-8,10-11H,3-4,9H2,1-2H3/b7-6+,8-5-. The van der Waals surface area contributed by atoms with E-state index in [0.29, 0.717) is 6.42 Å². The van der Waals surface area contributed by atoms with Crippen molar-refractivity contribution in [1.82, 2.24) is 0 Å². The number of hydrogen-bond donors (Lipinski definition) is 0. The first-order chi connectivity index (χ1) is 6.20. The molecule has 2 heteroatoms. The van der Waals surface area contributed by atoms with Gasteiger partial charge in [0.1, 0.15) is 6.17 Å². The van der Waals surface area contributed by atoms with E-state index in [2.05, 4.69) is 11.7 Å². The van der Waals surface area contributed by atoms with E-state index in [-0.39, 0.29) is 6.04 Å². The van der Waals surface area contributed by atoms with Crippen LogP contribution in [-0.2, 0) is 0 Å². The Morgan fingerprint density at radius 3 is 2.62 bits per heavy atom. The Kier molecular flexibility index (Phi) is 7.17. The van der Waals surface area contributed by atoms with Crippen molar-refractivity contribution >= 4 is 6.72 Å². The highest BCUT2D eigenvalue weighted by molar-refractivity contribution is 5.25. The number of allylic oxidation sites excluding steroid dienone is 3. The Hall–Kier alpha value is -0.920. The third kappa shape index (κ3) is 7.44. The second-order valence-electron chi connectivity index (χ2n) is 2.94. The third-order valence-corrected chi connectivity index (χ3v) is 1.64. The molecule has 0 bridgehead atoms. The molecule has 2 atom stereocenters. The van der Waals surface area contributed by atoms with Crippen LogP contribution >= 0.6 is 0 Å². The summed E-state index contributed by atoms with van der Waals surface area (Å²) in [6.45, 7) is 7.30. The number of alkyl halides is 1. The van der Waals surface area contributed by atoms with Gasteiger partial charge in [-0.25, -0.2) is 4.39 Å². The van der Waals surface area contributed by atoms with E-state index >= 15 is 0 Å². The van der Waals surface area contributed by atoms with Crippen molar-refractivity contribution < 1.29 is 4.39 Å². The molecule has 0 rings (SSSR count). The van der Waals surface area contributed by atoms with E-state index in [9.17, 15) is 4.39 Å². The van der Waals surface area contributed by atoms with Crippen LogP contribution in [-0.4, -0.2) is 18.9 Å². The molecule has 0 heterocycles. The molecule has 1 nitrogen and oxygen atoms in total. The van der Waals surface area contributed by atoms with Gasteiger partial charge in [-0.05, 0) is 20.1 Å². The van der Waals surface area contributed by atoms with E-state index in [0.717, 1.165) is 6.42 Å². The summed E-state index contributed by atoms with van der Waals surface area (Å²) in [4.78, 5) is 3.77. The molecule has 0 aromatic rings. The largest absolute Gasteiger partial charge is 0.294 e. The lowest BCUT2D eigenvalue weighted by Gasteiger charge is -1.98. The molecule has 74 valence electrons. The highest BCUT2D eigenvalue weighted by atomic mass is 19.1. The maximum Gasteiger partial charge on any atom is 0.122 e. The normalized spacial score (nSPS) is 16.5. The van der Waals surface area contributed by atoms with Crippen LogP contribution in [0.15, 0.2) is 29.3 Å². The number of aliphatic imine (C=N–C) groups is 1. The fourth-order valence-electron chi connectivity index (χ4n) is 0.829. The van der Waals surface area contributed by atoms with Gasteiger partial charge in [0, 0.05) is 6.42 Å². The van der Waals surface area contributed by atoms with Crippen molar-refractivity contribution in [3.05, 3.63) is 24.3 Å². The smallest absolute Gasteiger partial charge is 0.122 e. The molecule has 0 aliphatic carbocycles.